The molecule has 2 aliphatic rings. The molecule has 1 saturated heterocycles. The largest absolute Gasteiger partial charge is 0.366 e. The summed E-state index contributed by atoms with van der Waals surface area (Å²) in [6.07, 6.45) is 5.47. The molecule has 2 atom stereocenters. The monoisotopic (exact) mass is 439 g/mol. The van der Waals surface area contributed by atoms with Crippen molar-refractivity contribution in [3.8, 4) is 0 Å². The highest BCUT2D eigenvalue weighted by Gasteiger charge is 2.45. The van der Waals surface area contributed by atoms with Crippen LogP contribution in [-0.2, 0) is 4.79 Å². The molecule has 0 saturated carbocycles. The Balaban J connectivity index is 1.98. The Labute approximate surface area is 184 Å². The predicted octanol–water partition coefficient (Wildman–Crippen LogP) is 4.67. The third-order valence-electron chi connectivity index (χ3n) is 6.34. The van der Waals surface area contributed by atoms with Crippen LogP contribution in [0.2, 0.25) is 5.02 Å². The number of benzene rings is 1. The first-order valence-electron chi connectivity index (χ1n) is 9.98. The molecule has 2 amide bonds. The number of carbonyl (C=O) groups is 2. The standard InChI is InChI=1S/C24H23ClFN3O2/c1-5-7-14(19-11(3)17-8-13(19)10-29(17)18(30)6-2)20-16(26)9-15(24(27)31)23-21(20)22(25)12(4)28-23/h5-7,9,13,17,28H,1-2,8,10H2,3-4H3,(H2,27,31)/b14-7+. The first-order chi connectivity index (χ1) is 14.7. The molecule has 0 spiro atoms. The summed E-state index contributed by atoms with van der Waals surface area (Å²) < 4.78 is 15.5. The normalized spacial score (nSPS) is 20.6. The van der Waals surface area contributed by atoms with Crippen LogP contribution in [0, 0.1) is 18.7 Å². The molecule has 0 radical (unpaired) electrons. The summed E-state index contributed by atoms with van der Waals surface area (Å²) in [6, 6.07) is 1.10. The zero-order valence-electron chi connectivity index (χ0n) is 17.4. The summed E-state index contributed by atoms with van der Waals surface area (Å²) >= 11 is 6.56. The van der Waals surface area contributed by atoms with E-state index in [9.17, 15) is 9.59 Å². The Hall–Kier alpha value is -3.12. The number of hydrogen-bond donors (Lipinski definition) is 2. The van der Waals surface area contributed by atoms with E-state index in [-0.39, 0.29) is 23.4 Å². The molecule has 4 rings (SSSR count). The Morgan fingerprint density at radius 2 is 2.06 bits per heavy atom. The van der Waals surface area contributed by atoms with Crippen LogP contribution in [0.5, 0.6) is 0 Å². The van der Waals surface area contributed by atoms with E-state index in [2.05, 4.69) is 18.1 Å². The molecule has 2 aromatic rings. The van der Waals surface area contributed by atoms with E-state index in [0.717, 1.165) is 23.6 Å². The number of aromatic nitrogens is 1. The van der Waals surface area contributed by atoms with Crippen LogP contribution < -0.4 is 5.73 Å². The SMILES string of the molecule is C=C/C=C(\C1=C(C)C2CC1CN2C(=O)C=C)c1c(F)cc(C(N)=O)c2[nH]c(C)c(Cl)c12. The Bertz CT molecular complexity index is 1240. The Morgan fingerprint density at radius 3 is 2.65 bits per heavy atom. The molecule has 1 aromatic heterocycles. The average molecular weight is 440 g/mol. The van der Waals surface area contributed by atoms with Crippen molar-refractivity contribution in [1.29, 1.82) is 0 Å². The number of nitrogens with two attached hydrogens (primary N) is 1. The first kappa shape index (κ1) is 21.1. The van der Waals surface area contributed by atoms with Crippen LogP contribution in [0.15, 0.2) is 48.6 Å². The number of primary amides is 1. The number of aromatic amines is 1. The Morgan fingerprint density at radius 1 is 1.35 bits per heavy atom. The molecule has 3 N–H and O–H groups in total. The fourth-order valence-electron chi connectivity index (χ4n) is 5.06. The minimum Gasteiger partial charge on any atom is -0.366 e. The van der Waals surface area contributed by atoms with E-state index in [1.807, 2.05) is 6.92 Å². The molecule has 7 heteroatoms. The number of allylic oxidation sites excluding steroid dienone is 3. The number of amides is 2. The van der Waals surface area contributed by atoms with E-state index < -0.39 is 11.7 Å². The van der Waals surface area contributed by atoms with E-state index in [0.29, 0.717) is 39.3 Å². The van der Waals surface area contributed by atoms with Gasteiger partial charge in [-0.2, -0.15) is 0 Å². The number of fused-ring (bicyclic) bond motifs is 3. The van der Waals surface area contributed by atoms with Gasteiger partial charge >= 0.3 is 0 Å². The van der Waals surface area contributed by atoms with E-state index >= 15 is 4.39 Å². The topological polar surface area (TPSA) is 79.2 Å². The van der Waals surface area contributed by atoms with Crippen LogP contribution in [0.25, 0.3) is 16.5 Å². The quantitative estimate of drug-likeness (QED) is 0.524. The molecular formula is C24H23ClFN3O2. The zero-order valence-corrected chi connectivity index (χ0v) is 18.1. The number of carbonyl (C=O) groups excluding carboxylic acids is 2. The number of aryl methyl sites for hydroxylation is 1. The molecule has 1 fully saturated rings. The first-order valence-corrected chi connectivity index (χ1v) is 10.4. The van der Waals surface area contributed by atoms with Gasteiger partial charge in [-0.25, -0.2) is 4.39 Å². The highest BCUT2D eigenvalue weighted by atomic mass is 35.5. The summed E-state index contributed by atoms with van der Waals surface area (Å²) in [5.74, 6) is -1.37. The van der Waals surface area contributed by atoms with Crippen LogP contribution in [0.4, 0.5) is 4.39 Å². The van der Waals surface area contributed by atoms with Crippen molar-refractivity contribution in [2.45, 2.75) is 26.3 Å². The number of halogens is 2. The molecule has 2 heterocycles. The van der Waals surface area contributed by atoms with Gasteiger partial charge in [0.2, 0.25) is 5.91 Å². The zero-order chi connectivity index (χ0) is 22.6. The highest BCUT2D eigenvalue weighted by Crippen LogP contribution is 2.50. The van der Waals surface area contributed by atoms with Gasteiger partial charge in [0, 0.05) is 29.1 Å². The highest BCUT2D eigenvalue weighted by molar-refractivity contribution is 6.37. The number of H-pyrrole nitrogens is 1. The van der Waals surface area contributed by atoms with Gasteiger partial charge in [-0.1, -0.05) is 36.9 Å². The lowest BCUT2D eigenvalue weighted by Crippen LogP contribution is -2.37. The summed E-state index contributed by atoms with van der Waals surface area (Å²) in [7, 11) is 0. The van der Waals surface area contributed by atoms with Gasteiger partial charge in [0.25, 0.3) is 5.91 Å². The molecule has 1 aromatic carbocycles. The van der Waals surface area contributed by atoms with Crippen LogP contribution >= 0.6 is 11.6 Å². The average Bonchev–Trinajstić information content (AvgIpc) is 3.38. The van der Waals surface area contributed by atoms with Gasteiger partial charge in [-0.3, -0.25) is 9.59 Å². The second kappa shape index (κ2) is 7.54. The minimum absolute atomic E-state index is 0.0469. The second-order valence-corrected chi connectivity index (χ2v) is 8.39. The van der Waals surface area contributed by atoms with Crippen LogP contribution in [-0.4, -0.2) is 34.3 Å². The van der Waals surface area contributed by atoms with Gasteiger partial charge in [0.1, 0.15) is 5.82 Å². The number of nitrogens with zero attached hydrogens (tertiary/aromatic N) is 1. The smallest absolute Gasteiger partial charge is 0.250 e. The maximum absolute atomic E-state index is 15.5. The molecule has 5 nitrogen and oxygen atoms in total. The number of rotatable bonds is 5. The van der Waals surface area contributed by atoms with Crippen molar-refractivity contribution >= 4 is 39.9 Å². The maximum Gasteiger partial charge on any atom is 0.250 e. The number of hydrogen-bond acceptors (Lipinski definition) is 2. The van der Waals surface area contributed by atoms with E-state index in [1.165, 1.54) is 6.08 Å². The summed E-state index contributed by atoms with van der Waals surface area (Å²) in [5, 5.41) is 0.759. The molecule has 31 heavy (non-hydrogen) atoms. The lowest BCUT2D eigenvalue weighted by molar-refractivity contribution is -0.126. The van der Waals surface area contributed by atoms with Crippen LogP contribution in [0.3, 0.4) is 0 Å². The van der Waals surface area contributed by atoms with Gasteiger partial charge in [-0.15, -0.1) is 0 Å². The summed E-state index contributed by atoms with van der Waals surface area (Å²) in [4.78, 5) is 29.0. The minimum atomic E-state index is -0.739. The van der Waals surface area contributed by atoms with Crippen molar-refractivity contribution in [1.82, 2.24) is 9.88 Å². The molecule has 2 unspecified atom stereocenters. The lowest BCUT2D eigenvalue weighted by Gasteiger charge is -2.30. The van der Waals surface area contributed by atoms with Crippen molar-refractivity contribution in [3.05, 3.63) is 76.3 Å². The van der Waals surface area contributed by atoms with Crippen LogP contribution in [0.1, 0.15) is 35.0 Å². The van der Waals surface area contributed by atoms with Crippen molar-refractivity contribution < 1.29 is 14.0 Å². The van der Waals surface area contributed by atoms with Crippen molar-refractivity contribution in [2.24, 2.45) is 11.7 Å². The third-order valence-corrected chi connectivity index (χ3v) is 6.81. The van der Waals surface area contributed by atoms with E-state index in [1.54, 1.807) is 24.0 Å². The molecule has 1 aliphatic heterocycles. The van der Waals surface area contributed by atoms with Gasteiger partial charge in [-0.05, 0) is 49.1 Å². The van der Waals surface area contributed by atoms with Crippen molar-refractivity contribution in [3.63, 3.8) is 0 Å². The third kappa shape index (κ3) is 3.05. The molecular weight excluding hydrogens is 417 g/mol. The Kier molecular flexibility index (Phi) is 5.13. The molecule has 160 valence electrons. The lowest BCUT2D eigenvalue weighted by atomic mass is 9.85. The number of nitrogens with one attached hydrogen (secondary N) is 1. The molecule has 1 aliphatic carbocycles. The van der Waals surface area contributed by atoms with E-state index in [4.69, 9.17) is 17.3 Å². The number of likely N-dealkylation sites (tertiary alicyclic amines) is 1. The van der Waals surface area contributed by atoms with Gasteiger partial charge in [0.05, 0.1) is 22.1 Å². The van der Waals surface area contributed by atoms with Gasteiger partial charge < -0.3 is 15.6 Å². The fourth-order valence-corrected chi connectivity index (χ4v) is 5.30. The summed E-state index contributed by atoms with van der Waals surface area (Å²) in [6.45, 7) is 11.7. The fraction of sp³-hybridized carbons (Fsp3) is 0.250. The maximum atomic E-state index is 15.5. The molecule has 2 bridgehead atoms. The second-order valence-electron chi connectivity index (χ2n) is 8.02. The van der Waals surface area contributed by atoms with Gasteiger partial charge in [0.15, 0.2) is 0 Å². The van der Waals surface area contributed by atoms with Crippen molar-refractivity contribution in [2.75, 3.05) is 6.54 Å². The summed E-state index contributed by atoms with van der Waals surface area (Å²) in [5.41, 5.74) is 9.52. The predicted molar refractivity (Wildman–Crippen MR) is 121 cm³/mol.